The molecule has 0 unspecified atom stereocenters. The summed E-state index contributed by atoms with van der Waals surface area (Å²) in [5.74, 6) is 0.0582. The van der Waals surface area contributed by atoms with Gasteiger partial charge in [-0.05, 0) is 39.8 Å². The summed E-state index contributed by atoms with van der Waals surface area (Å²) in [6, 6.07) is 3.83. The Morgan fingerprint density at radius 3 is 2.53 bits per heavy atom. The summed E-state index contributed by atoms with van der Waals surface area (Å²) in [4.78, 5) is 13.6. The molecule has 1 aromatic carbocycles. The van der Waals surface area contributed by atoms with E-state index in [9.17, 15) is 9.18 Å². The first-order chi connectivity index (χ1) is 8.97. The molecule has 0 aliphatic rings. The second kappa shape index (κ2) is 6.97. The summed E-state index contributed by atoms with van der Waals surface area (Å²) in [6.07, 6.45) is -0.0467. The molecule has 0 atom stereocenters. The molecule has 1 N–H and O–H groups in total. The van der Waals surface area contributed by atoms with Crippen LogP contribution in [0.4, 0.5) is 14.9 Å². The minimum absolute atomic E-state index is 0.0467. The summed E-state index contributed by atoms with van der Waals surface area (Å²) in [5, 5.41) is 2.68. The standard InChI is InChI=1S/C14H21FN2O2/c1-5-17(6-2)14(18)16-12-9-11(15)7-8-13(12)19-10(3)4/h7-10H,5-6H2,1-4H3,(H,16,18). The van der Waals surface area contributed by atoms with E-state index in [-0.39, 0.29) is 12.1 Å². The van der Waals surface area contributed by atoms with E-state index in [1.165, 1.54) is 18.2 Å². The van der Waals surface area contributed by atoms with Gasteiger partial charge < -0.3 is 15.0 Å². The maximum Gasteiger partial charge on any atom is 0.321 e. The van der Waals surface area contributed by atoms with E-state index in [1.807, 2.05) is 27.7 Å². The predicted octanol–water partition coefficient (Wildman–Crippen LogP) is 3.49. The summed E-state index contributed by atoms with van der Waals surface area (Å²) in [5.41, 5.74) is 0.352. The fourth-order valence-corrected chi connectivity index (χ4v) is 1.66. The van der Waals surface area contributed by atoms with Crippen LogP contribution in [-0.4, -0.2) is 30.1 Å². The molecule has 2 amide bonds. The first kappa shape index (κ1) is 15.3. The molecular formula is C14H21FN2O2. The van der Waals surface area contributed by atoms with Crippen molar-refractivity contribution >= 4 is 11.7 Å². The zero-order valence-corrected chi connectivity index (χ0v) is 11.9. The average molecular weight is 268 g/mol. The number of ether oxygens (including phenoxy) is 1. The van der Waals surface area contributed by atoms with Crippen molar-refractivity contribution in [2.45, 2.75) is 33.8 Å². The monoisotopic (exact) mass is 268 g/mol. The van der Waals surface area contributed by atoms with Crippen molar-refractivity contribution in [3.05, 3.63) is 24.0 Å². The summed E-state index contributed by atoms with van der Waals surface area (Å²) in [6.45, 7) is 8.72. The SMILES string of the molecule is CCN(CC)C(=O)Nc1cc(F)ccc1OC(C)C. The van der Waals surface area contributed by atoms with E-state index in [2.05, 4.69) is 5.32 Å². The van der Waals surface area contributed by atoms with Crippen LogP contribution in [0.25, 0.3) is 0 Å². The van der Waals surface area contributed by atoms with Crippen LogP contribution in [0.5, 0.6) is 5.75 Å². The quantitative estimate of drug-likeness (QED) is 0.888. The van der Waals surface area contributed by atoms with Crippen LogP contribution in [0.2, 0.25) is 0 Å². The zero-order valence-electron chi connectivity index (χ0n) is 11.9. The van der Waals surface area contributed by atoms with Gasteiger partial charge in [0.2, 0.25) is 0 Å². The second-order valence-corrected chi connectivity index (χ2v) is 4.41. The van der Waals surface area contributed by atoms with E-state index >= 15 is 0 Å². The smallest absolute Gasteiger partial charge is 0.321 e. The number of anilines is 1. The van der Waals surface area contributed by atoms with Gasteiger partial charge in [0.15, 0.2) is 0 Å². The van der Waals surface area contributed by atoms with Crippen molar-refractivity contribution in [1.29, 1.82) is 0 Å². The molecular weight excluding hydrogens is 247 g/mol. The van der Waals surface area contributed by atoms with E-state index < -0.39 is 5.82 Å². The molecule has 0 fully saturated rings. The number of nitrogens with zero attached hydrogens (tertiary/aromatic N) is 1. The third-order valence-corrected chi connectivity index (χ3v) is 2.60. The minimum atomic E-state index is -0.411. The Morgan fingerprint density at radius 1 is 1.37 bits per heavy atom. The van der Waals surface area contributed by atoms with Gasteiger partial charge in [-0.15, -0.1) is 0 Å². The predicted molar refractivity (Wildman–Crippen MR) is 74.1 cm³/mol. The molecule has 0 bridgehead atoms. The van der Waals surface area contributed by atoms with Crippen molar-refractivity contribution in [3.8, 4) is 5.75 Å². The van der Waals surface area contributed by atoms with Crippen LogP contribution in [0.15, 0.2) is 18.2 Å². The number of amides is 2. The molecule has 0 heterocycles. The Bertz CT molecular complexity index is 431. The first-order valence-corrected chi connectivity index (χ1v) is 6.50. The number of rotatable bonds is 5. The molecule has 0 saturated carbocycles. The number of hydrogen-bond acceptors (Lipinski definition) is 2. The highest BCUT2D eigenvalue weighted by Gasteiger charge is 2.14. The van der Waals surface area contributed by atoms with Gasteiger partial charge in [0, 0.05) is 19.2 Å². The van der Waals surface area contributed by atoms with Crippen LogP contribution in [0.3, 0.4) is 0 Å². The fraction of sp³-hybridized carbons (Fsp3) is 0.500. The Morgan fingerprint density at radius 2 is 2.00 bits per heavy atom. The first-order valence-electron chi connectivity index (χ1n) is 6.50. The molecule has 1 rings (SSSR count). The Labute approximate surface area is 113 Å². The van der Waals surface area contributed by atoms with Crippen molar-refractivity contribution in [2.75, 3.05) is 18.4 Å². The molecule has 1 aromatic rings. The molecule has 106 valence electrons. The number of benzene rings is 1. The van der Waals surface area contributed by atoms with Gasteiger partial charge in [-0.3, -0.25) is 0 Å². The molecule has 0 aromatic heterocycles. The van der Waals surface area contributed by atoms with Crippen LogP contribution < -0.4 is 10.1 Å². The number of hydrogen-bond donors (Lipinski definition) is 1. The largest absolute Gasteiger partial charge is 0.489 e. The number of urea groups is 1. The Kier molecular flexibility index (Phi) is 5.60. The third kappa shape index (κ3) is 4.43. The van der Waals surface area contributed by atoms with E-state index in [0.717, 1.165) is 0 Å². The van der Waals surface area contributed by atoms with Crippen molar-refractivity contribution in [2.24, 2.45) is 0 Å². The molecule has 0 radical (unpaired) electrons. The summed E-state index contributed by atoms with van der Waals surface area (Å²) in [7, 11) is 0. The zero-order chi connectivity index (χ0) is 14.4. The molecule has 0 saturated heterocycles. The highest BCUT2D eigenvalue weighted by Crippen LogP contribution is 2.26. The normalized spacial score (nSPS) is 10.4. The molecule has 0 aliphatic carbocycles. The van der Waals surface area contributed by atoms with Crippen molar-refractivity contribution in [1.82, 2.24) is 4.90 Å². The molecule has 19 heavy (non-hydrogen) atoms. The van der Waals surface area contributed by atoms with Gasteiger partial charge in [-0.2, -0.15) is 0 Å². The topological polar surface area (TPSA) is 41.6 Å². The number of nitrogens with one attached hydrogen (secondary N) is 1. The number of carbonyl (C=O) groups is 1. The van der Waals surface area contributed by atoms with Gasteiger partial charge >= 0.3 is 6.03 Å². The molecule has 5 heteroatoms. The number of halogens is 1. The van der Waals surface area contributed by atoms with Crippen molar-refractivity contribution < 1.29 is 13.9 Å². The van der Waals surface area contributed by atoms with Crippen LogP contribution in [-0.2, 0) is 0 Å². The highest BCUT2D eigenvalue weighted by atomic mass is 19.1. The second-order valence-electron chi connectivity index (χ2n) is 4.41. The van der Waals surface area contributed by atoms with Gasteiger partial charge in [-0.1, -0.05) is 0 Å². The fourth-order valence-electron chi connectivity index (χ4n) is 1.66. The van der Waals surface area contributed by atoms with E-state index in [1.54, 1.807) is 4.90 Å². The van der Waals surface area contributed by atoms with E-state index in [0.29, 0.717) is 24.5 Å². The number of carbonyl (C=O) groups excluding carboxylic acids is 1. The lowest BCUT2D eigenvalue weighted by Crippen LogP contribution is -2.34. The average Bonchev–Trinajstić information content (AvgIpc) is 2.33. The van der Waals surface area contributed by atoms with Crippen LogP contribution >= 0.6 is 0 Å². The highest BCUT2D eigenvalue weighted by molar-refractivity contribution is 5.90. The van der Waals surface area contributed by atoms with Gasteiger partial charge in [-0.25, -0.2) is 9.18 Å². The molecule has 0 spiro atoms. The summed E-state index contributed by atoms with van der Waals surface area (Å²) >= 11 is 0. The lowest BCUT2D eigenvalue weighted by Gasteiger charge is -2.21. The van der Waals surface area contributed by atoms with E-state index in [4.69, 9.17) is 4.74 Å². The van der Waals surface area contributed by atoms with Gasteiger partial charge in [0.25, 0.3) is 0 Å². The van der Waals surface area contributed by atoms with Gasteiger partial charge in [0.1, 0.15) is 11.6 Å². The lowest BCUT2D eigenvalue weighted by atomic mass is 10.2. The van der Waals surface area contributed by atoms with Crippen LogP contribution in [0.1, 0.15) is 27.7 Å². The molecule has 4 nitrogen and oxygen atoms in total. The summed E-state index contributed by atoms with van der Waals surface area (Å²) < 4.78 is 18.8. The Hall–Kier alpha value is -1.78. The Balaban J connectivity index is 2.92. The lowest BCUT2D eigenvalue weighted by molar-refractivity contribution is 0.216. The van der Waals surface area contributed by atoms with Crippen molar-refractivity contribution in [3.63, 3.8) is 0 Å². The van der Waals surface area contributed by atoms with Gasteiger partial charge in [0.05, 0.1) is 11.8 Å². The van der Waals surface area contributed by atoms with Crippen LogP contribution in [0, 0.1) is 5.82 Å². The maximum atomic E-state index is 13.3. The molecule has 0 aliphatic heterocycles. The maximum absolute atomic E-state index is 13.3. The minimum Gasteiger partial charge on any atom is -0.489 e. The third-order valence-electron chi connectivity index (χ3n) is 2.60.